The van der Waals surface area contributed by atoms with Crippen molar-refractivity contribution in [2.45, 2.75) is 32.9 Å². The van der Waals surface area contributed by atoms with E-state index >= 15 is 0 Å². The molecule has 0 unspecified atom stereocenters. The number of rotatable bonds is 5. The van der Waals surface area contributed by atoms with E-state index in [9.17, 15) is 0 Å². The molecular weight excluding hydrogens is 204 g/mol. The van der Waals surface area contributed by atoms with Gasteiger partial charge in [-0.2, -0.15) is 0 Å². The summed E-state index contributed by atoms with van der Waals surface area (Å²) < 4.78 is 0. The Balaban J connectivity index is 2.17. The molecule has 0 aromatic carbocycles. The van der Waals surface area contributed by atoms with Gasteiger partial charge in [0, 0.05) is 30.1 Å². The molecule has 1 N–H and O–H groups in total. The summed E-state index contributed by atoms with van der Waals surface area (Å²) in [6.07, 6.45) is 0. The van der Waals surface area contributed by atoms with Gasteiger partial charge in [-0.15, -0.1) is 11.3 Å². The van der Waals surface area contributed by atoms with E-state index in [0.717, 1.165) is 19.6 Å². The van der Waals surface area contributed by atoms with Crippen LogP contribution < -0.4 is 5.32 Å². The Bertz CT molecular complexity index is 262. The maximum Gasteiger partial charge on any atom is 0.0325 e. The molecule has 0 aliphatic carbocycles. The lowest BCUT2D eigenvalue weighted by Crippen LogP contribution is -2.40. The van der Waals surface area contributed by atoms with Gasteiger partial charge in [-0.1, -0.05) is 6.07 Å². The van der Waals surface area contributed by atoms with Crippen LogP contribution in [0.4, 0.5) is 0 Å². The smallest absolute Gasteiger partial charge is 0.0325 e. The van der Waals surface area contributed by atoms with Crippen molar-refractivity contribution in [3.05, 3.63) is 22.4 Å². The maximum atomic E-state index is 3.49. The van der Waals surface area contributed by atoms with E-state index in [1.165, 1.54) is 4.88 Å². The molecule has 0 radical (unpaired) electrons. The molecule has 0 aliphatic heterocycles. The highest BCUT2D eigenvalue weighted by Crippen LogP contribution is 2.10. The fourth-order valence-corrected chi connectivity index (χ4v) is 2.15. The average molecular weight is 226 g/mol. The fourth-order valence-electron chi connectivity index (χ4n) is 1.37. The van der Waals surface area contributed by atoms with Gasteiger partial charge in [-0.3, -0.25) is 0 Å². The van der Waals surface area contributed by atoms with Crippen LogP contribution in [0, 0.1) is 0 Å². The molecule has 15 heavy (non-hydrogen) atoms. The van der Waals surface area contributed by atoms with Gasteiger partial charge in [0.1, 0.15) is 0 Å². The van der Waals surface area contributed by atoms with E-state index in [0.29, 0.717) is 0 Å². The van der Waals surface area contributed by atoms with E-state index in [1.54, 1.807) is 0 Å². The first-order valence-corrected chi connectivity index (χ1v) is 6.31. The van der Waals surface area contributed by atoms with Crippen LogP contribution in [0.3, 0.4) is 0 Å². The zero-order valence-corrected chi connectivity index (χ0v) is 11.0. The first kappa shape index (κ1) is 12.7. The molecule has 0 saturated heterocycles. The third-order valence-corrected chi connectivity index (χ3v) is 3.02. The van der Waals surface area contributed by atoms with Crippen molar-refractivity contribution in [2.75, 3.05) is 20.1 Å². The minimum absolute atomic E-state index is 0.226. The number of likely N-dealkylation sites (N-methyl/N-ethyl adjacent to an activating group) is 1. The Labute approximate surface area is 97.3 Å². The van der Waals surface area contributed by atoms with Gasteiger partial charge in [-0.05, 0) is 39.3 Å². The highest BCUT2D eigenvalue weighted by molar-refractivity contribution is 7.09. The normalized spacial score (nSPS) is 12.3. The molecule has 86 valence electrons. The molecule has 1 aromatic heterocycles. The van der Waals surface area contributed by atoms with Gasteiger partial charge in [-0.25, -0.2) is 0 Å². The van der Waals surface area contributed by atoms with Crippen LogP contribution in [0.5, 0.6) is 0 Å². The lowest BCUT2D eigenvalue weighted by atomic mass is 10.1. The summed E-state index contributed by atoms with van der Waals surface area (Å²) in [5.41, 5.74) is 0.226. The van der Waals surface area contributed by atoms with Crippen LogP contribution >= 0.6 is 11.3 Å². The summed E-state index contributed by atoms with van der Waals surface area (Å²) in [5, 5.41) is 5.63. The molecule has 0 saturated carbocycles. The van der Waals surface area contributed by atoms with E-state index in [1.807, 2.05) is 11.3 Å². The SMILES string of the molecule is CN(CCNC(C)(C)C)Cc1cccs1. The molecule has 0 atom stereocenters. The quantitative estimate of drug-likeness (QED) is 0.830. The lowest BCUT2D eigenvalue weighted by molar-refractivity contribution is 0.305. The predicted molar refractivity (Wildman–Crippen MR) is 68.4 cm³/mol. The molecule has 0 aliphatic rings. The van der Waals surface area contributed by atoms with Crippen LogP contribution in [0.1, 0.15) is 25.6 Å². The highest BCUT2D eigenvalue weighted by atomic mass is 32.1. The topological polar surface area (TPSA) is 15.3 Å². The van der Waals surface area contributed by atoms with Gasteiger partial charge in [0.25, 0.3) is 0 Å². The Morgan fingerprint density at radius 1 is 1.40 bits per heavy atom. The van der Waals surface area contributed by atoms with Crippen molar-refractivity contribution < 1.29 is 0 Å². The molecule has 3 heteroatoms. The van der Waals surface area contributed by atoms with E-state index < -0.39 is 0 Å². The zero-order chi connectivity index (χ0) is 11.3. The van der Waals surface area contributed by atoms with Crippen LogP contribution in [0.25, 0.3) is 0 Å². The Kier molecular flexibility index (Phi) is 4.77. The number of hydrogen-bond acceptors (Lipinski definition) is 3. The number of hydrogen-bond donors (Lipinski definition) is 1. The number of nitrogens with zero attached hydrogens (tertiary/aromatic N) is 1. The summed E-state index contributed by atoms with van der Waals surface area (Å²) in [6.45, 7) is 9.80. The molecular formula is C12H22N2S. The third kappa shape index (κ3) is 5.92. The van der Waals surface area contributed by atoms with Crippen LogP contribution in [-0.2, 0) is 6.54 Å². The Morgan fingerprint density at radius 2 is 2.13 bits per heavy atom. The summed E-state index contributed by atoms with van der Waals surface area (Å²) in [6, 6.07) is 4.31. The molecule has 0 fully saturated rings. The average Bonchev–Trinajstić information content (AvgIpc) is 2.54. The van der Waals surface area contributed by atoms with Gasteiger partial charge in [0.05, 0.1) is 0 Å². The van der Waals surface area contributed by atoms with E-state index in [4.69, 9.17) is 0 Å². The molecule has 1 rings (SSSR count). The summed E-state index contributed by atoms with van der Waals surface area (Å²) in [4.78, 5) is 3.79. The summed E-state index contributed by atoms with van der Waals surface area (Å²) in [5.74, 6) is 0. The van der Waals surface area contributed by atoms with Gasteiger partial charge in [0.2, 0.25) is 0 Å². The van der Waals surface area contributed by atoms with Crippen LogP contribution in [-0.4, -0.2) is 30.6 Å². The predicted octanol–water partition coefficient (Wildman–Crippen LogP) is 2.57. The molecule has 1 heterocycles. The monoisotopic (exact) mass is 226 g/mol. The van der Waals surface area contributed by atoms with Crippen molar-refractivity contribution in [3.63, 3.8) is 0 Å². The van der Waals surface area contributed by atoms with Crippen molar-refractivity contribution >= 4 is 11.3 Å². The van der Waals surface area contributed by atoms with Gasteiger partial charge in [0.15, 0.2) is 0 Å². The highest BCUT2D eigenvalue weighted by Gasteiger charge is 2.08. The van der Waals surface area contributed by atoms with E-state index in [2.05, 4.69) is 55.5 Å². The summed E-state index contributed by atoms with van der Waals surface area (Å²) >= 11 is 1.83. The minimum atomic E-state index is 0.226. The first-order valence-electron chi connectivity index (χ1n) is 5.43. The second kappa shape index (κ2) is 5.64. The standard InChI is InChI=1S/C12H22N2S/c1-12(2,3)13-7-8-14(4)10-11-6-5-9-15-11/h5-6,9,13H,7-8,10H2,1-4H3. The molecule has 2 nitrogen and oxygen atoms in total. The number of thiophene rings is 1. The molecule has 0 bridgehead atoms. The fraction of sp³-hybridized carbons (Fsp3) is 0.667. The largest absolute Gasteiger partial charge is 0.311 e. The van der Waals surface area contributed by atoms with Gasteiger partial charge < -0.3 is 10.2 Å². The van der Waals surface area contributed by atoms with Crippen molar-refractivity contribution in [1.82, 2.24) is 10.2 Å². The molecule has 0 spiro atoms. The Morgan fingerprint density at radius 3 is 2.67 bits per heavy atom. The first-order chi connectivity index (χ1) is 6.97. The zero-order valence-electron chi connectivity index (χ0n) is 10.2. The van der Waals surface area contributed by atoms with Crippen molar-refractivity contribution in [1.29, 1.82) is 0 Å². The molecule has 1 aromatic rings. The lowest BCUT2D eigenvalue weighted by Gasteiger charge is -2.23. The minimum Gasteiger partial charge on any atom is -0.311 e. The van der Waals surface area contributed by atoms with Crippen molar-refractivity contribution in [3.8, 4) is 0 Å². The second-order valence-electron chi connectivity index (χ2n) is 4.99. The Hall–Kier alpha value is -0.380. The van der Waals surface area contributed by atoms with Crippen molar-refractivity contribution in [2.24, 2.45) is 0 Å². The third-order valence-electron chi connectivity index (χ3n) is 2.15. The van der Waals surface area contributed by atoms with Gasteiger partial charge >= 0.3 is 0 Å². The second-order valence-corrected chi connectivity index (χ2v) is 6.03. The van der Waals surface area contributed by atoms with E-state index in [-0.39, 0.29) is 5.54 Å². The van der Waals surface area contributed by atoms with Crippen LogP contribution in [0.15, 0.2) is 17.5 Å². The van der Waals surface area contributed by atoms with Crippen LogP contribution in [0.2, 0.25) is 0 Å². The summed E-state index contributed by atoms with van der Waals surface area (Å²) in [7, 11) is 2.17. The molecule has 0 amide bonds. The number of nitrogens with one attached hydrogen (secondary N) is 1. The maximum absolute atomic E-state index is 3.49.